The highest BCUT2D eigenvalue weighted by atomic mass is 15.2. The first kappa shape index (κ1) is 6.62. The van der Waals surface area contributed by atoms with Crippen molar-refractivity contribution in [2.75, 3.05) is 13.1 Å². The molecular formula is C8H16N2. The molecule has 1 heterocycles. The molecule has 10 heavy (non-hydrogen) atoms. The minimum absolute atomic E-state index is 0.178. The first-order valence-corrected chi connectivity index (χ1v) is 4.16. The Bertz CT molecular complexity index is 146. The Kier molecular flexibility index (Phi) is 1.29. The molecule has 2 heteroatoms. The number of fused-ring (bicyclic) bond motifs is 1. The second kappa shape index (κ2) is 1.95. The van der Waals surface area contributed by atoms with Gasteiger partial charge in [-0.15, -0.1) is 0 Å². The number of hydrogen-bond acceptors (Lipinski definition) is 1. The van der Waals surface area contributed by atoms with E-state index in [1.54, 1.807) is 0 Å². The molecule has 1 saturated heterocycles. The standard InChI is InChI=1S/C8H16N2/c1-10-5-7-3-2-4-8(7,9)6-10/h7,10H,1-6,9H2/t7-,8-/m0/s1. The Hall–Kier alpha value is -0.0800. The third kappa shape index (κ3) is 0.789. The minimum atomic E-state index is 0.178. The van der Waals surface area contributed by atoms with Crippen LogP contribution >= 0.6 is 0 Å². The summed E-state index contributed by atoms with van der Waals surface area (Å²) in [7, 11) is 4.00. The molecule has 0 aromatic rings. The lowest BCUT2D eigenvalue weighted by molar-refractivity contribution is -0.843. The van der Waals surface area contributed by atoms with Crippen LogP contribution in [0.1, 0.15) is 19.3 Å². The van der Waals surface area contributed by atoms with E-state index in [2.05, 4.69) is 7.05 Å². The Morgan fingerprint density at radius 1 is 1.60 bits per heavy atom. The normalized spacial score (nSPS) is 53.4. The molecule has 2 fully saturated rings. The second-order valence-electron chi connectivity index (χ2n) is 3.95. The summed E-state index contributed by atoms with van der Waals surface area (Å²) in [6, 6.07) is 0. The fraction of sp³-hybridized carbons (Fsp3) is 0.875. The van der Waals surface area contributed by atoms with Gasteiger partial charge in [0.1, 0.15) is 0 Å². The molecule has 3 atom stereocenters. The zero-order chi connectivity index (χ0) is 7.19. The summed E-state index contributed by atoms with van der Waals surface area (Å²) in [4.78, 5) is 1.38. The average Bonchev–Trinajstić information content (AvgIpc) is 2.20. The van der Waals surface area contributed by atoms with Gasteiger partial charge < -0.3 is 10.6 Å². The summed E-state index contributed by atoms with van der Waals surface area (Å²) in [6.45, 7) is 2.30. The monoisotopic (exact) mass is 140 g/mol. The summed E-state index contributed by atoms with van der Waals surface area (Å²) in [5.41, 5.74) is 6.37. The van der Waals surface area contributed by atoms with Gasteiger partial charge in [0.25, 0.3) is 0 Å². The highest BCUT2D eigenvalue weighted by Gasteiger charge is 2.46. The van der Waals surface area contributed by atoms with E-state index in [1.165, 1.54) is 30.7 Å². The third-order valence-electron chi connectivity index (χ3n) is 3.12. The molecule has 1 unspecified atom stereocenters. The largest absolute Gasteiger partial charge is 0.466 e. The van der Waals surface area contributed by atoms with Gasteiger partial charge in [-0.05, 0) is 12.8 Å². The Balaban J connectivity index is 2.15. The van der Waals surface area contributed by atoms with E-state index in [1.807, 2.05) is 0 Å². The Morgan fingerprint density at radius 3 is 3.10 bits per heavy atom. The summed E-state index contributed by atoms with van der Waals surface area (Å²) >= 11 is 0. The van der Waals surface area contributed by atoms with Crippen LogP contribution in [0, 0.1) is 13.0 Å². The number of nitrogens with one attached hydrogen (secondary N) is 1. The van der Waals surface area contributed by atoms with Gasteiger partial charge in [-0.3, -0.25) is 0 Å². The summed E-state index contributed by atoms with van der Waals surface area (Å²) in [6.07, 6.45) is 3.92. The molecular weight excluding hydrogens is 124 g/mol. The fourth-order valence-corrected chi connectivity index (χ4v) is 2.59. The van der Waals surface area contributed by atoms with Crippen molar-refractivity contribution < 1.29 is 4.90 Å². The van der Waals surface area contributed by atoms with Crippen molar-refractivity contribution in [2.24, 2.45) is 11.7 Å². The lowest BCUT2D eigenvalue weighted by Gasteiger charge is -2.20. The quantitative estimate of drug-likeness (QED) is 0.423. The van der Waals surface area contributed by atoms with E-state index in [-0.39, 0.29) is 5.54 Å². The van der Waals surface area contributed by atoms with Gasteiger partial charge in [-0.25, -0.2) is 0 Å². The highest BCUT2D eigenvalue weighted by molar-refractivity contribution is 4.98. The number of nitrogens with two attached hydrogens (primary N) is 1. The van der Waals surface area contributed by atoms with Crippen molar-refractivity contribution in [1.82, 2.24) is 0 Å². The van der Waals surface area contributed by atoms with Gasteiger partial charge in [0.2, 0.25) is 0 Å². The van der Waals surface area contributed by atoms with Crippen molar-refractivity contribution in [3.8, 4) is 0 Å². The Morgan fingerprint density at radius 2 is 2.40 bits per heavy atom. The lowest BCUT2D eigenvalue weighted by Crippen LogP contribution is -3.06. The summed E-state index contributed by atoms with van der Waals surface area (Å²) < 4.78 is 0. The van der Waals surface area contributed by atoms with Crippen LogP contribution in [0.15, 0.2) is 0 Å². The molecule has 0 aromatic carbocycles. The molecule has 0 spiro atoms. The number of quaternary nitrogens is 1. The topological polar surface area (TPSA) is 30.5 Å². The van der Waals surface area contributed by atoms with Crippen LogP contribution in [0.25, 0.3) is 0 Å². The number of rotatable bonds is 0. The van der Waals surface area contributed by atoms with E-state index in [9.17, 15) is 0 Å². The van der Waals surface area contributed by atoms with Gasteiger partial charge in [0.05, 0.1) is 18.6 Å². The van der Waals surface area contributed by atoms with E-state index in [4.69, 9.17) is 5.73 Å². The van der Waals surface area contributed by atoms with Crippen LogP contribution in [0.2, 0.25) is 0 Å². The van der Waals surface area contributed by atoms with Crippen LogP contribution in [0.4, 0.5) is 0 Å². The molecule has 0 radical (unpaired) electrons. The smallest absolute Gasteiger partial charge is 0.0718 e. The molecule has 3 N–H and O–H groups in total. The maximum atomic E-state index is 6.19. The summed E-state index contributed by atoms with van der Waals surface area (Å²) in [5, 5.41) is 0. The number of likely N-dealkylation sites (tertiary alicyclic amines) is 1. The zero-order valence-corrected chi connectivity index (χ0v) is 6.40. The Labute approximate surface area is 62.4 Å². The van der Waals surface area contributed by atoms with Crippen molar-refractivity contribution in [3.05, 3.63) is 7.05 Å². The van der Waals surface area contributed by atoms with Crippen LogP contribution in [-0.4, -0.2) is 18.6 Å². The van der Waals surface area contributed by atoms with Crippen molar-refractivity contribution in [2.45, 2.75) is 24.8 Å². The van der Waals surface area contributed by atoms with Crippen molar-refractivity contribution in [3.63, 3.8) is 0 Å². The molecule has 2 rings (SSSR count). The van der Waals surface area contributed by atoms with Gasteiger partial charge in [0.15, 0.2) is 0 Å². The minimum Gasteiger partial charge on any atom is -0.466 e. The molecule has 2 nitrogen and oxygen atoms in total. The second-order valence-corrected chi connectivity index (χ2v) is 3.95. The number of hydrogen-bond donors (Lipinski definition) is 2. The lowest BCUT2D eigenvalue weighted by atomic mass is 9.92. The SMILES string of the molecule is [CH2-][NH+]1C[C@@H]2CCC[C@]2(N)C1. The van der Waals surface area contributed by atoms with Gasteiger partial charge >= 0.3 is 0 Å². The fourth-order valence-electron chi connectivity index (χ4n) is 2.59. The van der Waals surface area contributed by atoms with Crippen molar-refractivity contribution in [1.29, 1.82) is 0 Å². The van der Waals surface area contributed by atoms with Gasteiger partial charge in [-0.1, -0.05) is 6.42 Å². The van der Waals surface area contributed by atoms with Crippen LogP contribution in [-0.2, 0) is 0 Å². The van der Waals surface area contributed by atoms with Crippen LogP contribution < -0.4 is 10.6 Å². The average molecular weight is 140 g/mol. The van der Waals surface area contributed by atoms with Gasteiger partial charge in [0, 0.05) is 5.92 Å². The predicted octanol–water partition coefficient (Wildman–Crippen LogP) is -0.826. The molecule has 0 aromatic heterocycles. The first-order valence-electron chi connectivity index (χ1n) is 4.16. The maximum Gasteiger partial charge on any atom is 0.0718 e. The first-order chi connectivity index (χ1) is 4.71. The third-order valence-corrected chi connectivity index (χ3v) is 3.12. The van der Waals surface area contributed by atoms with E-state index in [0.717, 1.165) is 12.5 Å². The predicted molar refractivity (Wildman–Crippen MR) is 40.3 cm³/mol. The van der Waals surface area contributed by atoms with Crippen LogP contribution in [0.5, 0.6) is 0 Å². The van der Waals surface area contributed by atoms with E-state index < -0.39 is 0 Å². The molecule has 1 aliphatic carbocycles. The molecule has 0 amide bonds. The molecule has 1 saturated carbocycles. The molecule has 58 valence electrons. The summed E-state index contributed by atoms with van der Waals surface area (Å²) in [5.74, 6) is 0.778. The molecule has 1 aliphatic heterocycles. The zero-order valence-electron chi connectivity index (χ0n) is 6.40. The van der Waals surface area contributed by atoms with E-state index in [0.29, 0.717) is 0 Å². The molecule has 0 bridgehead atoms. The van der Waals surface area contributed by atoms with Crippen molar-refractivity contribution >= 4 is 0 Å². The maximum absolute atomic E-state index is 6.19. The molecule has 2 aliphatic rings. The van der Waals surface area contributed by atoms with Gasteiger partial charge in [-0.2, -0.15) is 7.05 Å². The van der Waals surface area contributed by atoms with Crippen LogP contribution in [0.3, 0.4) is 0 Å². The van der Waals surface area contributed by atoms with E-state index >= 15 is 0 Å². The highest BCUT2D eigenvalue weighted by Crippen LogP contribution is 2.34.